The van der Waals surface area contributed by atoms with Gasteiger partial charge in [0.05, 0.1) is 0 Å². The molecule has 19 heavy (non-hydrogen) atoms. The predicted molar refractivity (Wildman–Crippen MR) is 76.7 cm³/mol. The van der Waals surface area contributed by atoms with Crippen LogP contribution in [0.1, 0.15) is 47.5 Å². The molecular formula is C15H28N2O2. The normalized spacial score (nSPS) is 16.9. The third kappa shape index (κ3) is 3.95. The topological polar surface area (TPSA) is 40.6 Å². The van der Waals surface area contributed by atoms with E-state index in [1.165, 1.54) is 0 Å². The second-order valence-corrected chi connectivity index (χ2v) is 6.38. The molecule has 4 heteroatoms. The van der Waals surface area contributed by atoms with Crippen LogP contribution in [0.5, 0.6) is 0 Å². The molecule has 0 bridgehead atoms. The van der Waals surface area contributed by atoms with Crippen molar-refractivity contribution in [3.63, 3.8) is 0 Å². The van der Waals surface area contributed by atoms with Crippen LogP contribution in [0.3, 0.4) is 0 Å². The zero-order valence-electron chi connectivity index (χ0n) is 13.0. The average molecular weight is 268 g/mol. The number of amides is 2. The van der Waals surface area contributed by atoms with Gasteiger partial charge in [0.25, 0.3) is 0 Å². The van der Waals surface area contributed by atoms with E-state index >= 15 is 0 Å². The third-order valence-electron chi connectivity index (χ3n) is 3.85. The number of nitrogens with zero attached hydrogens (tertiary/aromatic N) is 2. The Morgan fingerprint density at radius 3 is 1.74 bits per heavy atom. The van der Waals surface area contributed by atoms with Gasteiger partial charge in [-0.25, -0.2) is 0 Å². The molecule has 1 rings (SSSR count). The molecule has 0 aromatic rings. The Balaban J connectivity index is 2.54. The molecule has 0 aromatic carbocycles. The summed E-state index contributed by atoms with van der Waals surface area (Å²) in [5, 5.41) is 0. The van der Waals surface area contributed by atoms with E-state index in [0.717, 1.165) is 12.8 Å². The second-order valence-electron chi connectivity index (χ2n) is 6.38. The summed E-state index contributed by atoms with van der Waals surface area (Å²) in [6, 6.07) is 0. The van der Waals surface area contributed by atoms with Crippen LogP contribution in [0, 0.1) is 11.3 Å². The highest BCUT2D eigenvalue weighted by atomic mass is 16.2. The Kier molecular flexibility index (Phi) is 5.39. The van der Waals surface area contributed by atoms with E-state index in [2.05, 4.69) is 13.8 Å². The molecule has 1 aliphatic rings. The monoisotopic (exact) mass is 268 g/mol. The van der Waals surface area contributed by atoms with E-state index in [1.54, 1.807) is 0 Å². The molecule has 1 heterocycles. The van der Waals surface area contributed by atoms with E-state index in [1.807, 2.05) is 30.6 Å². The first kappa shape index (κ1) is 16.0. The van der Waals surface area contributed by atoms with Crippen LogP contribution < -0.4 is 0 Å². The van der Waals surface area contributed by atoms with Gasteiger partial charge in [0.2, 0.25) is 11.8 Å². The molecule has 0 atom stereocenters. The van der Waals surface area contributed by atoms with Crippen LogP contribution in [0.4, 0.5) is 0 Å². The highest BCUT2D eigenvalue weighted by molar-refractivity contribution is 5.82. The van der Waals surface area contributed by atoms with Crippen molar-refractivity contribution in [2.24, 2.45) is 11.3 Å². The van der Waals surface area contributed by atoms with Gasteiger partial charge >= 0.3 is 0 Å². The standard InChI is InChI=1S/C15H28N2O2/c1-6-12(7-2)13(18)16-8-10-17(11-9-16)14(19)15(3,4)5/h12H,6-11H2,1-5H3. The Hall–Kier alpha value is -1.06. The fraction of sp³-hybridized carbons (Fsp3) is 0.867. The molecule has 4 nitrogen and oxygen atoms in total. The van der Waals surface area contributed by atoms with Crippen LogP contribution in [0.2, 0.25) is 0 Å². The highest BCUT2D eigenvalue weighted by Crippen LogP contribution is 2.20. The second kappa shape index (κ2) is 6.40. The molecular weight excluding hydrogens is 240 g/mol. The zero-order chi connectivity index (χ0) is 14.6. The Morgan fingerprint density at radius 2 is 1.37 bits per heavy atom. The smallest absolute Gasteiger partial charge is 0.228 e. The van der Waals surface area contributed by atoms with Crippen LogP contribution >= 0.6 is 0 Å². The Labute approximate surface area is 117 Å². The average Bonchev–Trinajstić information content (AvgIpc) is 2.38. The first-order valence-corrected chi connectivity index (χ1v) is 7.39. The maximum atomic E-state index is 12.3. The predicted octanol–water partition coefficient (Wildman–Crippen LogP) is 2.14. The number of carbonyl (C=O) groups is 2. The first-order chi connectivity index (χ1) is 8.81. The van der Waals surface area contributed by atoms with Crippen molar-refractivity contribution in [1.82, 2.24) is 9.80 Å². The highest BCUT2D eigenvalue weighted by Gasteiger charge is 2.31. The largest absolute Gasteiger partial charge is 0.339 e. The molecule has 0 aromatic heterocycles. The van der Waals surface area contributed by atoms with E-state index in [9.17, 15) is 9.59 Å². The van der Waals surface area contributed by atoms with Gasteiger partial charge in [-0.1, -0.05) is 34.6 Å². The summed E-state index contributed by atoms with van der Waals surface area (Å²) in [5.41, 5.74) is -0.332. The maximum absolute atomic E-state index is 12.3. The first-order valence-electron chi connectivity index (χ1n) is 7.39. The SMILES string of the molecule is CCC(CC)C(=O)N1CCN(C(=O)C(C)(C)C)CC1. The van der Waals surface area contributed by atoms with Gasteiger partial charge in [-0.05, 0) is 12.8 Å². The number of piperazine rings is 1. The number of hydrogen-bond donors (Lipinski definition) is 0. The summed E-state index contributed by atoms with van der Waals surface area (Å²) >= 11 is 0. The summed E-state index contributed by atoms with van der Waals surface area (Å²) in [6.07, 6.45) is 1.80. The minimum atomic E-state index is -0.332. The Morgan fingerprint density at radius 1 is 0.947 bits per heavy atom. The van der Waals surface area contributed by atoms with Crippen LogP contribution in [0.25, 0.3) is 0 Å². The molecule has 1 fully saturated rings. The summed E-state index contributed by atoms with van der Waals surface area (Å²) in [5.74, 6) is 0.583. The summed E-state index contributed by atoms with van der Waals surface area (Å²) < 4.78 is 0. The Bertz CT molecular complexity index is 322. The van der Waals surface area contributed by atoms with Gasteiger partial charge in [-0.15, -0.1) is 0 Å². The fourth-order valence-electron chi connectivity index (χ4n) is 2.50. The minimum absolute atomic E-state index is 0.143. The summed E-state index contributed by atoms with van der Waals surface area (Å²) in [4.78, 5) is 28.2. The van der Waals surface area contributed by atoms with Crippen molar-refractivity contribution in [3.05, 3.63) is 0 Å². The van der Waals surface area contributed by atoms with Gasteiger partial charge in [0, 0.05) is 37.5 Å². The molecule has 0 saturated carbocycles. The quantitative estimate of drug-likeness (QED) is 0.787. The van der Waals surface area contributed by atoms with Crippen LogP contribution in [-0.4, -0.2) is 47.8 Å². The number of hydrogen-bond acceptors (Lipinski definition) is 2. The maximum Gasteiger partial charge on any atom is 0.228 e. The molecule has 0 N–H and O–H groups in total. The lowest BCUT2D eigenvalue weighted by atomic mass is 9.94. The van der Waals surface area contributed by atoms with E-state index in [0.29, 0.717) is 26.2 Å². The van der Waals surface area contributed by atoms with E-state index < -0.39 is 0 Å². The van der Waals surface area contributed by atoms with Gasteiger partial charge < -0.3 is 9.80 Å². The van der Waals surface area contributed by atoms with Crippen molar-refractivity contribution < 1.29 is 9.59 Å². The minimum Gasteiger partial charge on any atom is -0.339 e. The van der Waals surface area contributed by atoms with Gasteiger partial charge in [-0.2, -0.15) is 0 Å². The molecule has 1 saturated heterocycles. The van der Waals surface area contributed by atoms with Gasteiger partial charge in [0.1, 0.15) is 0 Å². The molecule has 0 aliphatic carbocycles. The van der Waals surface area contributed by atoms with Crippen molar-refractivity contribution >= 4 is 11.8 Å². The van der Waals surface area contributed by atoms with Crippen LogP contribution in [0.15, 0.2) is 0 Å². The molecule has 110 valence electrons. The van der Waals surface area contributed by atoms with Gasteiger partial charge in [-0.3, -0.25) is 9.59 Å². The molecule has 1 aliphatic heterocycles. The van der Waals surface area contributed by atoms with Crippen molar-refractivity contribution in [3.8, 4) is 0 Å². The lowest BCUT2D eigenvalue weighted by Gasteiger charge is -2.38. The number of rotatable bonds is 3. The van der Waals surface area contributed by atoms with Crippen molar-refractivity contribution in [1.29, 1.82) is 0 Å². The molecule has 0 radical (unpaired) electrons. The summed E-state index contributed by atoms with van der Waals surface area (Å²) in [7, 11) is 0. The van der Waals surface area contributed by atoms with Crippen LogP contribution in [-0.2, 0) is 9.59 Å². The zero-order valence-corrected chi connectivity index (χ0v) is 13.0. The fourth-order valence-corrected chi connectivity index (χ4v) is 2.50. The van der Waals surface area contributed by atoms with E-state index in [4.69, 9.17) is 0 Å². The molecule has 0 unspecified atom stereocenters. The third-order valence-corrected chi connectivity index (χ3v) is 3.85. The number of carbonyl (C=O) groups excluding carboxylic acids is 2. The van der Waals surface area contributed by atoms with Crippen molar-refractivity contribution in [2.75, 3.05) is 26.2 Å². The lowest BCUT2D eigenvalue weighted by molar-refractivity contribution is -0.146. The van der Waals surface area contributed by atoms with E-state index in [-0.39, 0.29) is 23.1 Å². The lowest BCUT2D eigenvalue weighted by Crippen LogP contribution is -2.54. The van der Waals surface area contributed by atoms with Crippen molar-refractivity contribution in [2.45, 2.75) is 47.5 Å². The molecule has 0 spiro atoms. The van der Waals surface area contributed by atoms with Gasteiger partial charge in [0.15, 0.2) is 0 Å². The summed E-state index contributed by atoms with van der Waals surface area (Å²) in [6.45, 7) is 12.6. The molecule has 2 amide bonds.